The number of amides is 2. The zero-order chi connectivity index (χ0) is 24.8. The highest BCUT2D eigenvalue weighted by atomic mass is 19.4. The van der Waals surface area contributed by atoms with E-state index in [1.54, 1.807) is 12.1 Å². The summed E-state index contributed by atoms with van der Waals surface area (Å²) in [6, 6.07) is 5.09. The molecule has 1 saturated carbocycles. The fraction of sp³-hybridized carbons (Fsp3) is 0.654. The molecule has 3 saturated heterocycles. The van der Waals surface area contributed by atoms with Gasteiger partial charge in [0.25, 0.3) is 0 Å². The van der Waals surface area contributed by atoms with Crippen LogP contribution in [0.5, 0.6) is 0 Å². The van der Waals surface area contributed by atoms with Gasteiger partial charge in [-0.05, 0) is 74.5 Å². The van der Waals surface area contributed by atoms with E-state index in [1.165, 1.54) is 6.07 Å². The van der Waals surface area contributed by atoms with Crippen LogP contribution in [-0.2, 0) is 15.8 Å². The van der Waals surface area contributed by atoms with Crippen molar-refractivity contribution in [3.8, 4) is 6.07 Å². The number of anilines is 1. The molecular weight excluding hydrogens is 457 g/mol. The summed E-state index contributed by atoms with van der Waals surface area (Å²) in [5, 5.41) is 9.07. The number of carbonyl (C=O) groups is 2. The Morgan fingerprint density at radius 2 is 1.77 bits per heavy atom. The van der Waals surface area contributed by atoms with E-state index in [2.05, 4.69) is 0 Å². The number of hydrogen-bond acceptors (Lipinski definition) is 4. The maximum atomic E-state index is 13.4. The number of piperidine rings is 1. The van der Waals surface area contributed by atoms with Gasteiger partial charge in [-0.25, -0.2) is 0 Å². The molecule has 1 unspecified atom stereocenters. The van der Waals surface area contributed by atoms with E-state index in [9.17, 15) is 22.8 Å². The highest BCUT2D eigenvalue weighted by Crippen LogP contribution is 2.46. The lowest BCUT2D eigenvalue weighted by Crippen LogP contribution is -2.47. The predicted molar refractivity (Wildman–Crippen MR) is 123 cm³/mol. The highest BCUT2D eigenvalue weighted by Gasteiger charge is 2.51. The normalized spacial score (nSPS) is 24.2. The molecule has 3 heterocycles. The lowest BCUT2D eigenvalue weighted by molar-refractivity contribution is -0.143. The van der Waals surface area contributed by atoms with E-state index in [4.69, 9.17) is 5.26 Å². The van der Waals surface area contributed by atoms with Gasteiger partial charge in [-0.3, -0.25) is 9.59 Å². The number of carbonyl (C=O) groups excluding carboxylic acids is 2. The molecule has 0 bridgehead atoms. The molecule has 1 aliphatic carbocycles. The van der Waals surface area contributed by atoms with Gasteiger partial charge in [-0.15, -0.1) is 0 Å². The number of benzene rings is 1. The average molecular weight is 489 g/mol. The molecule has 1 spiro atoms. The number of hydrogen-bond donors (Lipinski definition) is 0. The van der Waals surface area contributed by atoms with Crippen LogP contribution >= 0.6 is 0 Å². The highest BCUT2D eigenvalue weighted by molar-refractivity contribution is 5.89. The van der Waals surface area contributed by atoms with Gasteiger partial charge in [-0.2, -0.15) is 18.4 Å². The molecule has 0 radical (unpaired) electrons. The first-order chi connectivity index (χ1) is 16.7. The molecule has 6 nitrogen and oxygen atoms in total. The molecule has 5 rings (SSSR count). The minimum absolute atomic E-state index is 0.0628. The van der Waals surface area contributed by atoms with Crippen LogP contribution in [-0.4, -0.2) is 60.4 Å². The summed E-state index contributed by atoms with van der Waals surface area (Å²) in [7, 11) is 0. The van der Waals surface area contributed by atoms with Crippen molar-refractivity contribution in [3.63, 3.8) is 0 Å². The maximum Gasteiger partial charge on any atom is 0.417 e. The molecule has 4 fully saturated rings. The molecule has 4 aliphatic rings. The number of likely N-dealkylation sites (tertiary alicyclic amines) is 2. The smallest absolute Gasteiger partial charge is 0.371 e. The van der Waals surface area contributed by atoms with Crippen LogP contribution < -0.4 is 4.90 Å². The Morgan fingerprint density at radius 3 is 2.37 bits per heavy atom. The van der Waals surface area contributed by atoms with Crippen LogP contribution in [0.25, 0.3) is 0 Å². The van der Waals surface area contributed by atoms with E-state index >= 15 is 0 Å². The van der Waals surface area contributed by atoms with E-state index in [0.717, 1.165) is 44.8 Å². The fourth-order valence-corrected chi connectivity index (χ4v) is 6.04. The van der Waals surface area contributed by atoms with Crippen molar-refractivity contribution >= 4 is 17.5 Å². The average Bonchev–Trinajstić information content (AvgIpc) is 3.33. The molecule has 188 valence electrons. The fourth-order valence-electron chi connectivity index (χ4n) is 6.04. The van der Waals surface area contributed by atoms with E-state index in [1.807, 2.05) is 14.7 Å². The lowest BCUT2D eigenvalue weighted by Gasteiger charge is -2.40. The summed E-state index contributed by atoms with van der Waals surface area (Å²) < 4.78 is 40.3. The van der Waals surface area contributed by atoms with Crippen molar-refractivity contribution in [2.24, 2.45) is 11.3 Å². The Bertz CT molecular complexity index is 1030. The van der Waals surface area contributed by atoms with Gasteiger partial charge in [0, 0.05) is 44.8 Å². The van der Waals surface area contributed by atoms with Crippen molar-refractivity contribution in [3.05, 3.63) is 29.3 Å². The molecule has 2 amide bonds. The van der Waals surface area contributed by atoms with Crippen molar-refractivity contribution in [2.75, 3.05) is 37.6 Å². The summed E-state index contributed by atoms with van der Waals surface area (Å²) in [4.78, 5) is 32.1. The Balaban J connectivity index is 1.31. The lowest BCUT2D eigenvalue weighted by atomic mass is 9.76. The minimum Gasteiger partial charge on any atom is -0.371 e. The van der Waals surface area contributed by atoms with Crippen LogP contribution in [0.15, 0.2) is 18.2 Å². The minimum atomic E-state index is -4.59. The number of halogens is 3. The van der Waals surface area contributed by atoms with Gasteiger partial charge in [0.15, 0.2) is 0 Å². The summed E-state index contributed by atoms with van der Waals surface area (Å²) in [5.41, 5.74) is -1.02. The van der Waals surface area contributed by atoms with Crippen molar-refractivity contribution < 1.29 is 22.8 Å². The Kier molecular flexibility index (Phi) is 6.18. The van der Waals surface area contributed by atoms with Gasteiger partial charge >= 0.3 is 6.18 Å². The maximum absolute atomic E-state index is 13.4. The van der Waals surface area contributed by atoms with Gasteiger partial charge in [0.2, 0.25) is 11.8 Å². The molecule has 0 N–H and O–H groups in total. The summed E-state index contributed by atoms with van der Waals surface area (Å²) >= 11 is 0. The van der Waals surface area contributed by atoms with Crippen LogP contribution in [0.2, 0.25) is 0 Å². The first kappa shape index (κ1) is 24.0. The quantitative estimate of drug-likeness (QED) is 0.638. The Labute approximate surface area is 203 Å². The second-order valence-electron chi connectivity index (χ2n) is 10.7. The van der Waals surface area contributed by atoms with Crippen LogP contribution in [0.1, 0.15) is 62.5 Å². The predicted octanol–water partition coefficient (Wildman–Crippen LogP) is 4.19. The van der Waals surface area contributed by atoms with E-state index in [-0.39, 0.29) is 22.8 Å². The third kappa shape index (κ3) is 4.85. The number of alkyl halides is 3. The van der Waals surface area contributed by atoms with Gasteiger partial charge in [-0.1, -0.05) is 0 Å². The van der Waals surface area contributed by atoms with Crippen molar-refractivity contribution in [1.82, 2.24) is 9.80 Å². The first-order valence-corrected chi connectivity index (χ1v) is 12.6. The van der Waals surface area contributed by atoms with Crippen LogP contribution in [0.4, 0.5) is 18.9 Å². The molecular formula is C26H31F3N4O2. The van der Waals surface area contributed by atoms with E-state index in [0.29, 0.717) is 56.9 Å². The zero-order valence-electron chi connectivity index (χ0n) is 19.8. The van der Waals surface area contributed by atoms with Gasteiger partial charge < -0.3 is 14.7 Å². The number of nitriles is 1. The Morgan fingerprint density at radius 1 is 1.09 bits per heavy atom. The van der Waals surface area contributed by atoms with E-state index < -0.39 is 17.8 Å². The van der Waals surface area contributed by atoms with Crippen LogP contribution in [0, 0.1) is 22.7 Å². The first-order valence-electron chi connectivity index (χ1n) is 12.6. The summed E-state index contributed by atoms with van der Waals surface area (Å²) in [6.45, 7) is 3.16. The SMILES string of the molecule is N#Cc1ccc(N2CCC3(CC2)CC(C(=O)N2CCCC2)N(C(=O)CC2CC2)C3)cc1C(F)(F)F. The second-order valence-corrected chi connectivity index (χ2v) is 10.7. The number of nitrogens with zero attached hydrogens (tertiary/aromatic N) is 4. The van der Waals surface area contributed by atoms with Crippen molar-refractivity contribution in [2.45, 2.75) is 63.6 Å². The standard InChI is InChI=1S/C26H31F3N4O2/c27-26(28,29)21-14-20(6-5-19(21)16-30)31-11-7-25(8-12-31)15-22(24(35)32-9-1-2-10-32)33(17-25)23(34)13-18-3-4-18/h5-6,14,18,22H,1-4,7-13,15,17H2. The molecule has 1 aromatic rings. The van der Waals surface area contributed by atoms with Crippen LogP contribution in [0.3, 0.4) is 0 Å². The summed E-state index contributed by atoms with van der Waals surface area (Å²) in [6.07, 6.45) is 2.14. The molecule has 35 heavy (non-hydrogen) atoms. The third-order valence-electron chi connectivity index (χ3n) is 8.31. The zero-order valence-corrected chi connectivity index (χ0v) is 19.8. The van der Waals surface area contributed by atoms with Gasteiger partial charge in [0.1, 0.15) is 6.04 Å². The molecule has 0 aromatic heterocycles. The summed E-state index contributed by atoms with van der Waals surface area (Å²) in [5.74, 6) is 0.585. The largest absolute Gasteiger partial charge is 0.417 e. The van der Waals surface area contributed by atoms with Gasteiger partial charge in [0.05, 0.1) is 17.2 Å². The molecule has 1 atom stereocenters. The monoisotopic (exact) mass is 488 g/mol. The van der Waals surface area contributed by atoms with Crippen molar-refractivity contribution in [1.29, 1.82) is 5.26 Å². The topological polar surface area (TPSA) is 67.7 Å². The molecule has 9 heteroatoms. The second kappa shape index (κ2) is 9.03. The molecule has 1 aromatic carbocycles. The Hall–Kier alpha value is -2.76. The molecule has 3 aliphatic heterocycles. The number of rotatable bonds is 4. The third-order valence-corrected chi connectivity index (χ3v) is 8.31.